The first-order valence-electron chi connectivity index (χ1n) is 6.83. The van der Waals surface area contributed by atoms with E-state index in [1.54, 1.807) is 19.8 Å². The van der Waals surface area contributed by atoms with E-state index in [9.17, 15) is 0 Å². The van der Waals surface area contributed by atoms with E-state index >= 15 is 0 Å². The van der Waals surface area contributed by atoms with Crippen molar-refractivity contribution in [3.05, 3.63) is 51.1 Å². The molecule has 1 aliphatic carbocycles. The Morgan fingerprint density at radius 2 is 1.62 bits per heavy atom. The minimum absolute atomic E-state index is 0. The van der Waals surface area contributed by atoms with Gasteiger partial charge in [0.2, 0.25) is 0 Å². The van der Waals surface area contributed by atoms with Crippen LogP contribution >= 0.6 is 0 Å². The van der Waals surface area contributed by atoms with Gasteiger partial charge in [0.15, 0.2) is 0 Å². The molecule has 2 rings (SSSR count). The summed E-state index contributed by atoms with van der Waals surface area (Å²) in [5, 5.41) is 3.29. The predicted octanol–water partition coefficient (Wildman–Crippen LogP) is -4.92. The largest absolute Gasteiger partial charge is 1.00 e. The van der Waals surface area contributed by atoms with E-state index < -0.39 is 8.07 Å². The van der Waals surface area contributed by atoms with Crippen molar-refractivity contribution >= 4 is 13.3 Å². The van der Waals surface area contributed by atoms with Gasteiger partial charge in [-0.1, -0.05) is 0 Å². The van der Waals surface area contributed by atoms with Crippen LogP contribution in [0.2, 0.25) is 12.6 Å². The van der Waals surface area contributed by atoms with E-state index in [1.165, 1.54) is 18.9 Å². The van der Waals surface area contributed by atoms with Crippen molar-refractivity contribution in [2.24, 2.45) is 0 Å². The third-order valence-corrected chi connectivity index (χ3v) is 9.77. The molecular formula is C16H21Cl3SiTi. The Labute approximate surface area is 160 Å². The van der Waals surface area contributed by atoms with Crippen molar-refractivity contribution in [2.45, 2.75) is 39.3 Å². The van der Waals surface area contributed by atoms with Crippen LogP contribution in [0.4, 0.5) is 0 Å². The van der Waals surface area contributed by atoms with Crippen molar-refractivity contribution < 1.29 is 57.7 Å². The first kappa shape index (κ1) is 23.8. The molecule has 0 fully saturated rings. The molecule has 21 heavy (non-hydrogen) atoms. The normalized spacial score (nSPS) is 16.1. The maximum absolute atomic E-state index is 2.53. The topological polar surface area (TPSA) is 0 Å². The van der Waals surface area contributed by atoms with Gasteiger partial charge in [-0.2, -0.15) is 0 Å². The first-order valence-corrected chi connectivity index (χ1v) is 10.3. The van der Waals surface area contributed by atoms with Crippen LogP contribution in [0.3, 0.4) is 0 Å². The molecule has 114 valence electrons. The SMILES string of the molecule is CCC1=[C]([Ti+3])CC=C1[Si](C)(CC)c1ccccc1.[Cl-].[Cl-].[Cl-]. The molecule has 0 nitrogen and oxygen atoms in total. The van der Waals surface area contributed by atoms with Crippen molar-refractivity contribution in [2.75, 3.05) is 0 Å². The van der Waals surface area contributed by atoms with Crippen molar-refractivity contribution in [3.63, 3.8) is 0 Å². The zero-order chi connectivity index (χ0) is 13.2. The van der Waals surface area contributed by atoms with Gasteiger partial charge in [0.25, 0.3) is 0 Å². The van der Waals surface area contributed by atoms with Gasteiger partial charge in [0.05, 0.1) is 0 Å². The number of hydrogen-bond donors (Lipinski definition) is 0. The van der Waals surface area contributed by atoms with Crippen LogP contribution in [0.1, 0.15) is 26.7 Å². The Kier molecular flexibility index (Phi) is 11.7. The fourth-order valence-corrected chi connectivity index (χ4v) is 7.35. The van der Waals surface area contributed by atoms with Gasteiger partial charge < -0.3 is 37.2 Å². The Hall–Kier alpha value is 0.501. The summed E-state index contributed by atoms with van der Waals surface area (Å²) in [6.45, 7) is 7.19. The van der Waals surface area contributed by atoms with E-state index in [1.807, 2.05) is 0 Å². The van der Waals surface area contributed by atoms with Crippen molar-refractivity contribution in [3.8, 4) is 0 Å². The molecule has 5 heteroatoms. The average Bonchev–Trinajstić information content (AvgIpc) is 2.80. The van der Waals surface area contributed by atoms with Gasteiger partial charge in [-0.15, -0.1) is 0 Å². The Balaban J connectivity index is 0. The van der Waals surface area contributed by atoms with Gasteiger partial charge in [-0.25, -0.2) is 0 Å². The molecule has 0 saturated heterocycles. The van der Waals surface area contributed by atoms with E-state index in [0.29, 0.717) is 0 Å². The molecule has 0 aliphatic heterocycles. The molecule has 0 amide bonds. The average molecular weight is 396 g/mol. The zero-order valence-electron chi connectivity index (χ0n) is 12.7. The van der Waals surface area contributed by atoms with Gasteiger partial charge >= 0.3 is 124 Å². The molecule has 1 aromatic carbocycles. The Morgan fingerprint density at radius 1 is 1.05 bits per heavy atom. The molecule has 0 heterocycles. The van der Waals surface area contributed by atoms with Gasteiger partial charge in [-0.3, -0.25) is 0 Å². The summed E-state index contributed by atoms with van der Waals surface area (Å²) < 4.78 is 1.59. The summed E-state index contributed by atoms with van der Waals surface area (Å²) in [5.41, 5.74) is 1.65. The Bertz CT molecular complexity index is 500. The van der Waals surface area contributed by atoms with E-state index in [0.717, 1.165) is 0 Å². The smallest absolute Gasteiger partial charge is 1.00 e. The minimum Gasteiger partial charge on any atom is -1.00 e. The van der Waals surface area contributed by atoms with Crippen LogP contribution in [0.15, 0.2) is 51.1 Å². The van der Waals surface area contributed by atoms with E-state index in [2.05, 4.69) is 77.2 Å². The molecule has 0 bridgehead atoms. The zero-order valence-corrected chi connectivity index (χ0v) is 17.5. The molecule has 1 aliphatic rings. The third kappa shape index (κ3) is 4.73. The van der Waals surface area contributed by atoms with E-state index in [-0.39, 0.29) is 37.2 Å². The van der Waals surface area contributed by atoms with Gasteiger partial charge in [-0.05, 0) is 0 Å². The fourth-order valence-electron chi connectivity index (χ4n) is 2.93. The van der Waals surface area contributed by atoms with Crippen LogP contribution in [-0.4, -0.2) is 8.07 Å². The first-order chi connectivity index (χ1) is 8.63. The number of hydrogen-bond acceptors (Lipinski definition) is 0. The second-order valence-electron chi connectivity index (χ2n) is 5.18. The summed E-state index contributed by atoms with van der Waals surface area (Å²) in [4.78, 5) is 0. The third-order valence-electron chi connectivity index (χ3n) is 4.27. The van der Waals surface area contributed by atoms with Crippen LogP contribution < -0.4 is 42.4 Å². The molecule has 1 aromatic rings. The van der Waals surface area contributed by atoms with Gasteiger partial charge in [0.1, 0.15) is 0 Å². The Morgan fingerprint density at radius 3 is 2.10 bits per heavy atom. The molecular weight excluding hydrogens is 374 g/mol. The summed E-state index contributed by atoms with van der Waals surface area (Å²) >= 11 is 2.30. The van der Waals surface area contributed by atoms with Crippen LogP contribution in [0.25, 0.3) is 0 Å². The summed E-state index contributed by atoms with van der Waals surface area (Å²) in [5.74, 6) is 0. The summed E-state index contributed by atoms with van der Waals surface area (Å²) in [6.07, 6.45) is 4.87. The molecule has 1 atom stereocenters. The summed E-state index contributed by atoms with van der Waals surface area (Å²) in [6, 6.07) is 12.5. The standard InChI is InChI=1S/C16H21Si.3ClH.Ti/c1-4-14-10-9-13-16(14)17(3,5-2)15-11-7-6-8-12-15;;;;/h6-8,11-13H,4-5,9H2,1-3H3;3*1H;/q;;;;+3/p-3. The molecule has 0 spiro atoms. The maximum atomic E-state index is 2.53. The number of allylic oxidation sites excluding steroid dienone is 4. The van der Waals surface area contributed by atoms with Crippen molar-refractivity contribution in [1.29, 1.82) is 0 Å². The van der Waals surface area contributed by atoms with Gasteiger partial charge in [0, 0.05) is 0 Å². The molecule has 0 aromatic heterocycles. The second-order valence-corrected chi connectivity index (χ2v) is 10.6. The molecule has 0 N–H and O–H groups in total. The van der Waals surface area contributed by atoms with Crippen LogP contribution in [0.5, 0.6) is 0 Å². The molecule has 0 radical (unpaired) electrons. The second kappa shape index (κ2) is 10.3. The number of rotatable bonds is 4. The monoisotopic (exact) mass is 394 g/mol. The molecule has 0 saturated carbocycles. The molecule has 1 unspecified atom stereocenters. The summed E-state index contributed by atoms with van der Waals surface area (Å²) in [7, 11) is -1.49. The quantitative estimate of drug-likeness (QED) is 0.449. The minimum atomic E-state index is -1.49. The fraction of sp³-hybridized carbons (Fsp3) is 0.375. The van der Waals surface area contributed by atoms with Crippen LogP contribution in [-0.2, 0) is 20.4 Å². The predicted molar refractivity (Wildman–Crippen MR) is 78.2 cm³/mol. The van der Waals surface area contributed by atoms with Crippen LogP contribution in [0, 0.1) is 0 Å². The number of benzene rings is 1. The number of halogens is 3. The van der Waals surface area contributed by atoms with E-state index in [4.69, 9.17) is 0 Å². The maximum Gasteiger partial charge on any atom is -1.00 e. The van der Waals surface area contributed by atoms with Crippen molar-refractivity contribution in [1.82, 2.24) is 0 Å².